The molecule has 0 saturated heterocycles. The van der Waals surface area contributed by atoms with Gasteiger partial charge >= 0.3 is 0 Å². The highest BCUT2D eigenvalue weighted by Crippen LogP contribution is 2.19. The summed E-state index contributed by atoms with van der Waals surface area (Å²) < 4.78 is 5.66. The van der Waals surface area contributed by atoms with Crippen LogP contribution in [0.4, 0.5) is 5.69 Å². The molecular formula is C20H22N2O2. The van der Waals surface area contributed by atoms with E-state index in [0.29, 0.717) is 23.4 Å². The number of ether oxygens (including phenoxy) is 1. The van der Waals surface area contributed by atoms with E-state index >= 15 is 0 Å². The third-order valence-corrected chi connectivity index (χ3v) is 3.79. The normalized spacial score (nSPS) is 10.0. The SMILES string of the molecule is CCCCCOc1ccc(C(=O)N(C)c2cccc(C#N)c2)cc1. The van der Waals surface area contributed by atoms with Gasteiger partial charge in [0, 0.05) is 18.3 Å². The van der Waals surface area contributed by atoms with E-state index in [1.54, 1.807) is 37.4 Å². The Labute approximate surface area is 143 Å². The minimum absolute atomic E-state index is 0.123. The fraction of sp³-hybridized carbons (Fsp3) is 0.300. The highest BCUT2D eigenvalue weighted by molar-refractivity contribution is 6.05. The maximum atomic E-state index is 12.6. The fourth-order valence-electron chi connectivity index (χ4n) is 2.33. The van der Waals surface area contributed by atoms with Crippen LogP contribution >= 0.6 is 0 Å². The summed E-state index contributed by atoms with van der Waals surface area (Å²) in [6, 6.07) is 16.2. The molecule has 4 heteroatoms. The van der Waals surface area contributed by atoms with Gasteiger partial charge in [-0.2, -0.15) is 5.26 Å². The summed E-state index contributed by atoms with van der Waals surface area (Å²) in [6.07, 6.45) is 3.36. The van der Waals surface area contributed by atoms with Crippen molar-refractivity contribution in [3.63, 3.8) is 0 Å². The molecule has 124 valence electrons. The molecular weight excluding hydrogens is 300 g/mol. The zero-order valence-electron chi connectivity index (χ0n) is 14.2. The maximum Gasteiger partial charge on any atom is 0.258 e. The second kappa shape index (κ2) is 8.73. The Morgan fingerprint density at radius 3 is 2.58 bits per heavy atom. The van der Waals surface area contributed by atoms with Crippen LogP contribution in [-0.2, 0) is 0 Å². The second-order valence-corrected chi connectivity index (χ2v) is 5.61. The second-order valence-electron chi connectivity index (χ2n) is 5.61. The molecule has 0 spiro atoms. The van der Waals surface area contributed by atoms with E-state index in [1.165, 1.54) is 4.90 Å². The fourth-order valence-corrected chi connectivity index (χ4v) is 2.33. The van der Waals surface area contributed by atoms with Gasteiger partial charge in [-0.15, -0.1) is 0 Å². The van der Waals surface area contributed by atoms with Gasteiger partial charge in [0.15, 0.2) is 0 Å². The minimum Gasteiger partial charge on any atom is -0.494 e. The van der Waals surface area contributed by atoms with Gasteiger partial charge in [-0.25, -0.2) is 0 Å². The molecule has 0 fully saturated rings. The van der Waals surface area contributed by atoms with Crippen molar-refractivity contribution in [3.05, 3.63) is 59.7 Å². The van der Waals surface area contributed by atoms with Crippen LogP contribution in [-0.4, -0.2) is 19.6 Å². The van der Waals surface area contributed by atoms with Crippen LogP contribution in [0.25, 0.3) is 0 Å². The topological polar surface area (TPSA) is 53.3 Å². The average Bonchev–Trinajstić information content (AvgIpc) is 2.64. The number of benzene rings is 2. The van der Waals surface area contributed by atoms with Crippen molar-refractivity contribution in [1.82, 2.24) is 0 Å². The van der Waals surface area contributed by atoms with E-state index in [-0.39, 0.29) is 5.91 Å². The highest BCUT2D eigenvalue weighted by atomic mass is 16.5. The van der Waals surface area contributed by atoms with Crippen LogP contribution in [0.2, 0.25) is 0 Å². The van der Waals surface area contributed by atoms with E-state index in [9.17, 15) is 4.79 Å². The number of hydrogen-bond donors (Lipinski definition) is 0. The summed E-state index contributed by atoms with van der Waals surface area (Å²) in [5.41, 5.74) is 1.81. The average molecular weight is 322 g/mol. The highest BCUT2D eigenvalue weighted by Gasteiger charge is 2.13. The molecule has 0 unspecified atom stereocenters. The smallest absolute Gasteiger partial charge is 0.258 e. The van der Waals surface area contributed by atoms with Gasteiger partial charge in [-0.05, 0) is 48.9 Å². The number of amides is 1. The summed E-state index contributed by atoms with van der Waals surface area (Å²) in [4.78, 5) is 14.1. The van der Waals surface area contributed by atoms with Crippen molar-refractivity contribution in [2.75, 3.05) is 18.6 Å². The zero-order valence-corrected chi connectivity index (χ0v) is 14.2. The Morgan fingerprint density at radius 1 is 1.17 bits per heavy atom. The molecule has 0 N–H and O–H groups in total. The number of nitriles is 1. The first-order valence-corrected chi connectivity index (χ1v) is 8.16. The number of nitrogens with zero attached hydrogens (tertiary/aromatic N) is 2. The van der Waals surface area contributed by atoms with Crippen LogP contribution in [0, 0.1) is 11.3 Å². The first kappa shape index (κ1) is 17.6. The lowest BCUT2D eigenvalue weighted by atomic mass is 10.1. The first-order valence-electron chi connectivity index (χ1n) is 8.16. The molecule has 0 aliphatic heterocycles. The molecule has 0 radical (unpaired) electrons. The number of anilines is 1. The van der Waals surface area contributed by atoms with Crippen LogP contribution < -0.4 is 9.64 Å². The summed E-state index contributed by atoms with van der Waals surface area (Å²) in [5.74, 6) is 0.652. The lowest BCUT2D eigenvalue weighted by Crippen LogP contribution is -2.26. The molecule has 2 rings (SSSR count). The van der Waals surface area contributed by atoms with E-state index in [1.807, 2.05) is 18.2 Å². The predicted octanol–water partition coefficient (Wildman–Crippen LogP) is 4.40. The molecule has 0 aromatic heterocycles. The molecule has 1 amide bonds. The summed E-state index contributed by atoms with van der Waals surface area (Å²) in [7, 11) is 1.70. The Morgan fingerprint density at radius 2 is 1.92 bits per heavy atom. The van der Waals surface area contributed by atoms with Crippen molar-refractivity contribution in [1.29, 1.82) is 5.26 Å². The zero-order chi connectivity index (χ0) is 17.4. The van der Waals surface area contributed by atoms with Gasteiger partial charge in [-0.1, -0.05) is 25.8 Å². The lowest BCUT2D eigenvalue weighted by Gasteiger charge is -2.17. The van der Waals surface area contributed by atoms with Crippen molar-refractivity contribution < 1.29 is 9.53 Å². The number of hydrogen-bond acceptors (Lipinski definition) is 3. The minimum atomic E-state index is -0.123. The molecule has 0 bridgehead atoms. The number of rotatable bonds is 7. The standard InChI is InChI=1S/C20H22N2O2/c1-3-4-5-13-24-19-11-9-17(10-12-19)20(23)22(2)18-8-6-7-16(14-18)15-21/h6-12,14H,3-5,13H2,1-2H3. The molecule has 2 aromatic rings. The molecule has 0 aliphatic carbocycles. The van der Waals surface area contributed by atoms with Gasteiger partial charge in [-0.3, -0.25) is 4.79 Å². The van der Waals surface area contributed by atoms with Crippen LogP contribution in [0.1, 0.15) is 42.1 Å². The molecule has 24 heavy (non-hydrogen) atoms. The number of unbranched alkanes of at least 4 members (excludes halogenated alkanes) is 2. The molecule has 0 aliphatic rings. The van der Waals surface area contributed by atoms with Crippen molar-refractivity contribution >= 4 is 11.6 Å². The summed E-state index contributed by atoms with van der Waals surface area (Å²) >= 11 is 0. The number of carbonyl (C=O) groups is 1. The van der Waals surface area contributed by atoms with Gasteiger partial charge in [0.05, 0.1) is 18.2 Å². The summed E-state index contributed by atoms with van der Waals surface area (Å²) in [6.45, 7) is 2.85. The van der Waals surface area contributed by atoms with Gasteiger partial charge < -0.3 is 9.64 Å². The van der Waals surface area contributed by atoms with E-state index in [4.69, 9.17) is 10.00 Å². The monoisotopic (exact) mass is 322 g/mol. The van der Waals surface area contributed by atoms with Crippen molar-refractivity contribution in [2.45, 2.75) is 26.2 Å². The van der Waals surface area contributed by atoms with Gasteiger partial charge in [0.25, 0.3) is 5.91 Å². The Bertz CT molecular complexity index is 717. The lowest BCUT2D eigenvalue weighted by molar-refractivity contribution is 0.0993. The Balaban J connectivity index is 2.02. The molecule has 4 nitrogen and oxygen atoms in total. The predicted molar refractivity (Wildman–Crippen MR) is 95.4 cm³/mol. The third kappa shape index (κ3) is 4.60. The molecule has 0 heterocycles. The van der Waals surface area contributed by atoms with Crippen molar-refractivity contribution in [2.24, 2.45) is 0 Å². The summed E-state index contributed by atoms with van der Waals surface area (Å²) in [5, 5.41) is 8.97. The van der Waals surface area contributed by atoms with Crippen LogP contribution in [0.5, 0.6) is 5.75 Å². The Hall–Kier alpha value is -2.80. The van der Waals surface area contributed by atoms with Crippen LogP contribution in [0.15, 0.2) is 48.5 Å². The maximum absolute atomic E-state index is 12.6. The van der Waals surface area contributed by atoms with E-state index in [2.05, 4.69) is 13.0 Å². The van der Waals surface area contributed by atoms with Crippen LogP contribution in [0.3, 0.4) is 0 Å². The van der Waals surface area contributed by atoms with Gasteiger partial charge in [0.2, 0.25) is 0 Å². The number of carbonyl (C=O) groups excluding carboxylic acids is 1. The van der Waals surface area contributed by atoms with Crippen molar-refractivity contribution in [3.8, 4) is 11.8 Å². The largest absolute Gasteiger partial charge is 0.494 e. The molecule has 0 saturated carbocycles. The third-order valence-electron chi connectivity index (χ3n) is 3.79. The van der Waals surface area contributed by atoms with E-state index < -0.39 is 0 Å². The van der Waals surface area contributed by atoms with Gasteiger partial charge in [0.1, 0.15) is 5.75 Å². The first-order chi connectivity index (χ1) is 11.7. The molecule has 0 atom stereocenters. The molecule has 2 aromatic carbocycles. The quantitative estimate of drug-likeness (QED) is 0.710. The Kier molecular flexibility index (Phi) is 6.39. The van der Waals surface area contributed by atoms with E-state index in [0.717, 1.165) is 25.0 Å².